The lowest BCUT2D eigenvalue weighted by Gasteiger charge is -2.35. The molecule has 0 spiro atoms. The number of benzene rings is 1. The molecule has 0 radical (unpaired) electrons. The molecule has 0 bridgehead atoms. The van der Waals surface area contributed by atoms with Gasteiger partial charge in [-0.05, 0) is 24.2 Å². The summed E-state index contributed by atoms with van der Waals surface area (Å²) in [6, 6.07) is 5.69. The highest BCUT2D eigenvalue weighted by Crippen LogP contribution is 2.25. The third-order valence-electron chi connectivity index (χ3n) is 4.29. The van der Waals surface area contributed by atoms with Gasteiger partial charge in [0.1, 0.15) is 17.3 Å². The van der Waals surface area contributed by atoms with Crippen LogP contribution in [0.3, 0.4) is 0 Å². The Labute approximate surface area is 123 Å². The van der Waals surface area contributed by atoms with E-state index in [4.69, 9.17) is 0 Å². The van der Waals surface area contributed by atoms with E-state index in [0.717, 1.165) is 31.2 Å². The first kappa shape index (κ1) is 14.3. The molecule has 1 aromatic carbocycles. The van der Waals surface area contributed by atoms with Crippen LogP contribution in [-0.4, -0.2) is 37.0 Å². The monoisotopic (exact) mass is 308 g/mol. The van der Waals surface area contributed by atoms with E-state index in [1.807, 2.05) is 0 Å². The van der Waals surface area contributed by atoms with Gasteiger partial charge < -0.3 is 9.88 Å². The standard InChI is InChI=1S/C15H18F2N2OSi/c1-21(2)5-3-19(4-6-21)15(20)14-9-11-12(17)7-10(16)8-13(11)18-14/h7-9,18H,3-6H2,1-2H3. The summed E-state index contributed by atoms with van der Waals surface area (Å²) in [6.07, 6.45) is 0. The van der Waals surface area contributed by atoms with Crippen molar-refractivity contribution in [3.05, 3.63) is 35.5 Å². The van der Waals surface area contributed by atoms with Gasteiger partial charge >= 0.3 is 0 Å². The number of halogens is 2. The van der Waals surface area contributed by atoms with Crippen LogP contribution in [0.5, 0.6) is 0 Å². The van der Waals surface area contributed by atoms with E-state index in [-0.39, 0.29) is 11.3 Å². The molecular weight excluding hydrogens is 290 g/mol. The molecule has 1 aliphatic heterocycles. The van der Waals surface area contributed by atoms with Crippen LogP contribution < -0.4 is 0 Å². The van der Waals surface area contributed by atoms with Gasteiger partial charge in [-0.15, -0.1) is 0 Å². The van der Waals surface area contributed by atoms with Crippen molar-refractivity contribution in [3.8, 4) is 0 Å². The number of carbonyl (C=O) groups excluding carboxylic acids is 1. The van der Waals surface area contributed by atoms with Gasteiger partial charge in [-0.3, -0.25) is 4.79 Å². The Hall–Kier alpha value is -1.69. The van der Waals surface area contributed by atoms with Crippen LogP contribution >= 0.6 is 0 Å². The lowest BCUT2D eigenvalue weighted by atomic mass is 10.2. The molecule has 0 atom stereocenters. The zero-order chi connectivity index (χ0) is 15.2. The largest absolute Gasteiger partial charge is 0.350 e. The molecule has 2 heterocycles. The highest BCUT2D eigenvalue weighted by atomic mass is 28.3. The minimum absolute atomic E-state index is 0.129. The molecule has 1 aromatic heterocycles. The number of amides is 1. The number of rotatable bonds is 1. The molecule has 1 saturated heterocycles. The molecule has 1 fully saturated rings. The number of aromatic amines is 1. The van der Waals surface area contributed by atoms with E-state index < -0.39 is 19.7 Å². The van der Waals surface area contributed by atoms with E-state index in [1.165, 1.54) is 12.1 Å². The third kappa shape index (κ3) is 2.72. The Morgan fingerprint density at radius 1 is 1.19 bits per heavy atom. The Balaban J connectivity index is 1.87. The molecule has 1 N–H and O–H groups in total. The van der Waals surface area contributed by atoms with Crippen molar-refractivity contribution in [1.82, 2.24) is 9.88 Å². The second-order valence-electron chi connectivity index (χ2n) is 6.49. The molecule has 0 saturated carbocycles. The van der Waals surface area contributed by atoms with E-state index in [2.05, 4.69) is 18.1 Å². The number of nitrogens with one attached hydrogen (secondary N) is 1. The third-order valence-corrected chi connectivity index (χ3v) is 7.44. The average molecular weight is 308 g/mol. The fraction of sp³-hybridized carbons (Fsp3) is 0.400. The van der Waals surface area contributed by atoms with Gasteiger partial charge in [0.15, 0.2) is 0 Å². The predicted molar refractivity (Wildman–Crippen MR) is 81.2 cm³/mol. The Morgan fingerprint density at radius 2 is 1.86 bits per heavy atom. The van der Waals surface area contributed by atoms with Gasteiger partial charge in [0.25, 0.3) is 5.91 Å². The van der Waals surface area contributed by atoms with Gasteiger partial charge in [-0.2, -0.15) is 0 Å². The maximum Gasteiger partial charge on any atom is 0.270 e. The number of hydrogen-bond donors (Lipinski definition) is 1. The number of fused-ring (bicyclic) bond motifs is 1. The first-order chi connectivity index (χ1) is 9.85. The van der Waals surface area contributed by atoms with E-state index in [1.54, 1.807) is 4.90 Å². The minimum atomic E-state index is -1.14. The smallest absolute Gasteiger partial charge is 0.270 e. The second kappa shape index (κ2) is 4.94. The molecule has 1 aliphatic rings. The summed E-state index contributed by atoms with van der Waals surface area (Å²) < 4.78 is 26.9. The van der Waals surface area contributed by atoms with Crippen LogP contribution in [0.15, 0.2) is 18.2 Å². The van der Waals surface area contributed by atoms with E-state index in [0.29, 0.717) is 11.2 Å². The molecule has 112 valence electrons. The van der Waals surface area contributed by atoms with E-state index >= 15 is 0 Å². The van der Waals surface area contributed by atoms with Crippen molar-refractivity contribution < 1.29 is 13.6 Å². The van der Waals surface area contributed by atoms with Crippen molar-refractivity contribution in [2.24, 2.45) is 0 Å². The first-order valence-electron chi connectivity index (χ1n) is 7.13. The molecule has 6 heteroatoms. The number of hydrogen-bond acceptors (Lipinski definition) is 1. The summed E-state index contributed by atoms with van der Waals surface area (Å²) in [6.45, 7) is 6.17. The van der Waals surface area contributed by atoms with Crippen molar-refractivity contribution >= 4 is 24.9 Å². The zero-order valence-electron chi connectivity index (χ0n) is 12.2. The molecule has 0 aliphatic carbocycles. The summed E-state index contributed by atoms with van der Waals surface area (Å²) >= 11 is 0. The highest BCUT2D eigenvalue weighted by molar-refractivity contribution is 6.77. The lowest BCUT2D eigenvalue weighted by molar-refractivity contribution is 0.0760. The zero-order valence-corrected chi connectivity index (χ0v) is 13.2. The van der Waals surface area contributed by atoms with Gasteiger partial charge in [-0.25, -0.2) is 8.78 Å². The van der Waals surface area contributed by atoms with Crippen LogP contribution in [0, 0.1) is 11.6 Å². The summed E-state index contributed by atoms with van der Waals surface area (Å²) in [5.41, 5.74) is 0.651. The fourth-order valence-corrected chi connectivity index (χ4v) is 4.76. The maximum absolute atomic E-state index is 13.7. The topological polar surface area (TPSA) is 36.1 Å². The fourth-order valence-electron chi connectivity index (χ4n) is 2.76. The quantitative estimate of drug-likeness (QED) is 0.803. The molecule has 0 unspecified atom stereocenters. The molecule has 2 aromatic rings. The number of nitrogens with zero attached hydrogens (tertiary/aromatic N) is 1. The van der Waals surface area contributed by atoms with Crippen LogP contribution in [0.25, 0.3) is 10.9 Å². The lowest BCUT2D eigenvalue weighted by Crippen LogP contribution is -2.45. The highest BCUT2D eigenvalue weighted by Gasteiger charge is 2.30. The normalized spacial score (nSPS) is 18.2. The summed E-state index contributed by atoms with van der Waals surface area (Å²) in [4.78, 5) is 17.1. The minimum Gasteiger partial charge on any atom is -0.350 e. The average Bonchev–Trinajstić information content (AvgIpc) is 2.82. The molecule has 21 heavy (non-hydrogen) atoms. The molecule has 1 amide bonds. The maximum atomic E-state index is 13.7. The second-order valence-corrected chi connectivity index (χ2v) is 11.8. The van der Waals surface area contributed by atoms with Gasteiger partial charge in [0, 0.05) is 24.5 Å². The van der Waals surface area contributed by atoms with Crippen molar-refractivity contribution in [3.63, 3.8) is 0 Å². The number of carbonyl (C=O) groups is 1. The number of aromatic nitrogens is 1. The van der Waals surface area contributed by atoms with Crippen molar-refractivity contribution in [2.75, 3.05) is 13.1 Å². The van der Waals surface area contributed by atoms with Crippen LogP contribution in [-0.2, 0) is 0 Å². The summed E-state index contributed by atoms with van der Waals surface area (Å²) in [5.74, 6) is -1.42. The predicted octanol–water partition coefficient (Wildman–Crippen LogP) is 3.61. The van der Waals surface area contributed by atoms with Crippen LogP contribution in [0.4, 0.5) is 8.78 Å². The van der Waals surface area contributed by atoms with Crippen LogP contribution in [0.1, 0.15) is 10.5 Å². The Morgan fingerprint density at radius 3 is 2.52 bits per heavy atom. The SMILES string of the molecule is C[Si]1(C)CCN(C(=O)c2cc3c(F)cc(F)cc3[nH]2)CC1. The molecular formula is C15H18F2N2OSi. The van der Waals surface area contributed by atoms with Crippen molar-refractivity contribution in [1.29, 1.82) is 0 Å². The Kier molecular flexibility index (Phi) is 3.35. The number of H-pyrrole nitrogens is 1. The van der Waals surface area contributed by atoms with Gasteiger partial charge in [-0.1, -0.05) is 13.1 Å². The van der Waals surface area contributed by atoms with Gasteiger partial charge in [0.05, 0.1) is 13.6 Å². The molecule has 3 rings (SSSR count). The van der Waals surface area contributed by atoms with Crippen LogP contribution in [0.2, 0.25) is 25.2 Å². The molecule has 3 nitrogen and oxygen atoms in total. The van der Waals surface area contributed by atoms with Gasteiger partial charge in [0.2, 0.25) is 0 Å². The van der Waals surface area contributed by atoms with E-state index in [9.17, 15) is 13.6 Å². The summed E-state index contributed by atoms with van der Waals surface area (Å²) in [5, 5.41) is 0.256. The van der Waals surface area contributed by atoms with Crippen molar-refractivity contribution in [2.45, 2.75) is 25.2 Å². The Bertz CT molecular complexity index is 701. The first-order valence-corrected chi connectivity index (χ1v) is 10.5. The summed E-state index contributed by atoms with van der Waals surface area (Å²) in [7, 11) is -1.14.